The summed E-state index contributed by atoms with van der Waals surface area (Å²) < 4.78 is 0.594. The van der Waals surface area contributed by atoms with E-state index in [1.807, 2.05) is 62.4 Å². The van der Waals surface area contributed by atoms with Crippen LogP contribution in [-0.2, 0) is 9.59 Å². The SMILES string of the molecule is Cc1ccc(NC(=O)CSc2nnc(N3C(N)=C(C#N)C(c4ccccc4)C4=C3CCCC4=O)s2)c(C)c1. The first-order valence-corrected chi connectivity index (χ1v) is 14.0. The summed E-state index contributed by atoms with van der Waals surface area (Å²) >= 11 is 2.56. The highest BCUT2D eigenvalue weighted by Crippen LogP contribution is 2.47. The number of allylic oxidation sites excluding steroid dienone is 3. The standard InChI is InChI=1S/C28H26N6O2S2/c1-16-11-12-20(17(2)13-16)31-23(36)15-37-28-33-32-27(38-28)34-21-9-6-10-22(35)25(21)24(19(14-29)26(34)30)18-7-4-3-5-8-18/h3-5,7-8,11-13,24H,6,9-10,15,30H2,1-2H3,(H,31,36). The molecule has 38 heavy (non-hydrogen) atoms. The highest BCUT2D eigenvalue weighted by atomic mass is 32.2. The molecule has 0 bridgehead atoms. The van der Waals surface area contributed by atoms with Crippen LogP contribution >= 0.6 is 23.1 Å². The number of benzene rings is 2. The van der Waals surface area contributed by atoms with Crippen LogP contribution in [0, 0.1) is 25.2 Å². The van der Waals surface area contributed by atoms with E-state index in [1.165, 1.54) is 23.1 Å². The second-order valence-electron chi connectivity index (χ2n) is 9.23. The van der Waals surface area contributed by atoms with Gasteiger partial charge in [-0.15, -0.1) is 10.2 Å². The summed E-state index contributed by atoms with van der Waals surface area (Å²) in [5, 5.41) is 22.1. The molecule has 1 aliphatic carbocycles. The number of ketones is 1. The molecule has 2 aliphatic rings. The molecule has 5 rings (SSSR count). The van der Waals surface area contributed by atoms with Crippen molar-refractivity contribution in [3.8, 4) is 6.07 Å². The molecule has 0 radical (unpaired) electrons. The van der Waals surface area contributed by atoms with Crippen molar-refractivity contribution in [2.75, 3.05) is 16.0 Å². The Morgan fingerprint density at radius 2 is 2.00 bits per heavy atom. The minimum atomic E-state index is -0.504. The largest absolute Gasteiger partial charge is 0.384 e. The Labute approximate surface area is 229 Å². The molecule has 1 unspecified atom stereocenters. The Kier molecular flexibility index (Phi) is 7.31. The van der Waals surface area contributed by atoms with Crippen molar-refractivity contribution in [3.05, 3.63) is 87.9 Å². The predicted octanol–water partition coefficient (Wildman–Crippen LogP) is 5.19. The molecule has 1 amide bonds. The van der Waals surface area contributed by atoms with E-state index in [2.05, 4.69) is 21.6 Å². The zero-order chi connectivity index (χ0) is 26.8. The van der Waals surface area contributed by atoms with Crippen LogP contribution in [0.25, 0.3) is 0 Å². The number of Topliss-reactive ketones (excluding diaryl/α,β-unsaturated/α-hetero) is 1. The number of nitrogens with one attached hydrogen (secondary N) is 1. The highest BCUT2D eigenvalue weighted by molar-refractivity contribution is 8.01. The van der Waals surface area contributed by atoms with E-state index in [9.17, 15) is 14.9 Å². The lowest BCUT2D eigenvalue weighted by Gasteiger charge is -2.38. The zero-order valence-corrected chi connectivity index (χ0v) is 22.7. The number of thioether (sulfide) groups is 1. The lowest BCUT2D eigenvalue weighted by molar-refractivity contribution is -0.116. The van der Waals surface area contributed by atoms with Crippen molar-refractivity contribution in [3.63, 3.8) is 0 Å². The predicted molar refractivity (Wildman–Crippen MR) is 150 cm³/mol. The maximum atomic E-state index is 13.2. The number of nitriles is 1. The summed E-state index contributed by atoms with van der Waals surface area (Å²) in [4.78, 5) is 27.5. The van der Waals surface area contributed by atoms with Gasteiger partial charge in [-0.25, -0.2) is 0 Å². The average Bonchev–Trinajstić information content (AvgIpc) is 3.37. The summed E-state index contributed by atoms with van der Waals surface area (Å²) in [6.07, 6.45) is 1.77. The first kappa shape index (κ1) is 25.7. The van der Waals surface area contributed by atoms with Gasteiger partial charge in [0.25, 0.3) is 0 Å². The molecule has 1 aliphatic heterocycles. The molecule has 0 fully saturated rings. The Morgan fingerprint density at radius 1 is 1.21 bits per heavy atom. The van der Waals surface area contributed by atoms with Gasteiger partial charge in [-0.3, -0.25) is 14.5 Å². The summed E-state index contributed by atoms with van der Waals surface area (Å²) in [5.41, 5.74) is 12.1. The molecule has 3 N–H and O–H groups in total. The summed E-state index contributed by atoms with van der Waals surface area (Å²) in [6, 6.07) is 17.7. The maximum Gasteiger partial charge on any atom is 0.234 e. The minimum Gasteiger partial charge on any atom is -0.384 e. The van der Waals surface area contributed by atoms with Gasteiger partial charge < -0.3 is 11.1 Å². The van der Waals surface area contributed by atoms with E-state index >= 15 is 0 Å². The molecule has 1 atom stereocenters. The minimum absolute atomic E-state index is 0.0209. The second kappa shape index (κ2) is 10.8. The Hall–Kier alpha value is -3.94. The third-order valence-corrected chi connectivity index (χ3v) is 8.66. The summed E-state index contributed by atoms with van der Waals surface area (Å²) in [7, 11) is 0. The molecule has 1 aromatic heterocycles. The lowest BCUT2D eigenvalue weighted by Crippen LogP contribution is -2.38. The third-order valence-electron chi connectivity index (χ3n) is 6.62. The number of carbonyl (C=O) groups is 2. The molecule has 0 saturated heterocycles. The van der Waals surface area contributed by atoms with E-state index < -0.39 is 5.92 Å². The highest BCUT2D eigenvalue weighted by Gasteiger charge is 2.41. The van der Waals surface area contributed by atoms with Gasteiger partial charge in [-0.05, 0) is 43.9 Å². The van der Waals surface area contributed by atoms with E-state index in [0.29, 0.717) is 39.9 Å². The van der Waals surface area contributed by atoms with Gasteiger partial charge in [-0.2, -0.15) is 5.26 Å². The molecule has 2 aromatic carbocycles. The van der Waals surface area contributed by atoms with Gasteiger partial charge in [0.05, 0.1) is 23.3 Å². The summed E-state index contributed by atoms with van der Waals surface area (Å²) in [6.45, 7) is 3.97. The fourth-order valence-electron chi connectivity index (χ4n) is 4.90. The molecular formula is C28H26N6O2S2. The van der Waals surface area contributed by atoms with Crippen molar-refractivity contribution in [2.45, 2.75) is 43.4 Å². The number of hydrogen-bond donors (Lipinski definition) is 2. The quantitative estimate of drug-likeness (QED) is 0.408. The van der Waals surface area contributed by atoms with Gasteiger partial charge in [0.1, 0.15) is 5.82 Å². The van der Waals surface area contributed by atoms with Gasteiger partial charge in [0.15, 0.2) is 10.1 Å². The smallest absolute Gasteiger partial charge is 0.234 e. The number of nitrogens with zero attached hydrogens (tertiary/aromatic N) is 4. The first-order valence-electron chi connectivity index (χ1n) is 12.2. The Balaban J connectivity index is 1.40. The molecular weight excluding hydrogens is 516 g/mol. The van der Waals surface area contributed by atoms with Crippen molar-refractivity contribution < 1.29 is 9.59 Å². The van der Waals surface area contributed by atoms with Gasteiger partial charge in [0, 0.05) is 23.4 Å². The Morgan fingerprint density at radius 3 is 2.74 bits per heavy atom. The van der Waals surface area contributed by atoms with Crippen molar-refractivity contribution >= 4 is 45.6 Å². The molecule has 0 spiro atoms. The number of anilines is 2. The number of hydrogen-bond acceptors (Lipinski definition) is 9. The van der Waals surface area contributed by atoms with Crippen LogP contribution in [0.4, 0.5) is 10.8 Å². The molecule has 2 heterocycles. The number of amides is 1. The first-order chi connectivity index (χ1) is 18.4. The summed E-state index contributed by atoms with van der Waals surface area (Å²) in [5.74, 6) is -0.200. The normalized spacial score (nSPS) is 17.3. The maximum absolute atomic E-state index is 13.2. The lowest BCUT2D eigenvalue weighted by atomic mass is 9.76. The topological polar surface area (TPSA) is 125 Å². The molecule has 8 nitrogen and oxygen atoms in total. The van der Waals surface area contributed by atoms with Crippen LogP contribution in [0.1, 0.15) is 41.9 Å². The zero-order valence-electron chi connectivity index (χ0n) is 21.0. The van der Waals surface area contributed by atoms with Crippen LogP contribution in [0.3, 0.4) is 0 Å². The van der Waals surface area contributed by atoms with Crippen LogP contribution in [0.5, 0.6) is 0 Å². The van der Waals surface area contributed by atoms with Crippen LogP contribution < -0.4 is 16.0 Å². The average molecular weight is 543 g/mol. The number of nitrogens with two attached hydrogens (primary N) is 1. The van der Waals surface area contributed by atoms with Crippen LogP contribution in [0.2, 0.25) is 0 Å². The van der Waals surface area contributed by atoms with Gasteiger partial charge in [-0.1, -0.05) is 71.1 Å². The number of rotatable bonds is 6. The van der Waals surface area contributed by atoms with Gasteiger partial charge in [0.2, 0.25) is 11.0 Å². The van der Waals surface area contributed by atoms with Crippen molar-refractivity contribution in [1.29, 1.82) is 5.26 Å². The second-order valence-corrected chi connectivity index (χ2v) is 11.4. The third kappa shape index (κ3) is 4.95. The van der Waals surface area contributed by atoms with Crippen LogP contribution in [-0.4, -0.2) is 27.6 Å². The monoisotopic (exact) mass is 542 g/mol. The number of aryl methyl sites for hydroxylation is 2. The van der Waals surface area contributed by atoms with E-state index in [4.69, 9.17) is 5.73 Å². The molecule has 192 valence electrons. The van der Waals surface area contributed by atoms with E-state index in [1.54, 1.807) is 4.90 Å². The molecule has 3 aromatic rings. The number of aromatic nitrogens is 2. The fourth-order valence-corrected chi connectivity index (χ4v) is 6.58. The number of carbonyl (C=O) groups excluding carboxylic acids is 2. The fraction of sp³-hybridized carbons (Fsp3) is 0.250. The van der Waals surface area contributed by atoms with E-state index in [0.717, 1.165) is 28.1 Å². The van der Waals surface area contributed by atoms with Crippen molar-refractivity contribution in [2.24, 2.45) is 5.73 Å². The van der Waals surface area contributed by atoms with E-state index in [-0.39, 0.29) is 23.3 Å². The Bertz CT molecular complexity index is 1520. The molecule has 10 heteroatoms. The van der Waals surface area contributed by atoms with Crippen LogP contribution in [0.15, 0.2) is 75.5 Å². The van der Waals surface area contributed by atoms with Gasteiger partial charge >= 0.3 is 0 Å². The van der Waals surface area contributed by atoms with Crippen molar-refractivity contribution in [1.82, 2.24) is 10.2 Å². The molecule has 0 saturated carbocycles.